The fourth-order valence-electron chi connectivity index (χ4n) is 4.47. The summed E-state index contributed by atoms with van der Waals surface area (Å²) in [7, 11) is -4.20. The second-order valence-corrected chi connectivity index (χ2v) is 13.7. The largest absolute Gasteiger partial charge is 0.494 e. The van der Waals surface area contributed by atoms with Gasteiger partial charge in [-0.15, -0.1) is 11.8 Å². The molecular formula is C32H39Cl2N3O5S2. The van der Waals surface area contributed by atoms with E-state index < -0.39 is 28.5 Å². The molecule has 0 aliphatic heterocycles. The van der Waals surface area contributed by atoms with Gasteiger partial charge in [-0.1, -0.05) is 43.1 Å². The molecule has 0 fully saturated rings. The monoisotopic (exact) mass is 679 g/mol. The Bertz CT molecular complexity index is 1520. The number of hydrogen-bond acceptors (Lipinski definition) is 6. The summed E-state index contributed by atoms with van der Waals surface area (Å²) in [6.07, 6.45) is 2.90. The topological polar surface area (TPSA) is 96.0 Å². The van der Waals surface area contributed by atoms with Crippen molar-refractivity contribution in [2.24, 2.45) is 0 Å². The molecule has 0 radical (unpaired) electrons. The van der Waals surface area contributed by atoms with Gasteiger partial charge >= 0.3 is 0 Å². The van der Waals surface area contributed by atoms with Crippen molar-refractivity contribution in [2.45, 2.75) is 69.0 Å². The summed E-state index contributed by atoms with van der Waals surface area (Å²) in [6, 6.07) is 16.9. The molecule has 3 rings (SSSR count). The number of sulfonamides is 1. The maximum Gasteiger partial charge on any atom is 0.264 e. The van der Waals surface area contributed by atoms with E-state index in [1.165, 1.54) is 28.8 Å². The standard InChI is InChI=1S/C32H39Cl2N3O5S2/c1-6-22(4)35-32(39)30(7-2)36(20-23-9-10-24(33)19-29(23)34)31(38)21-37(25-11-13-26(14-12-25)42-8-3)44(40,41)28-17-15-27(43-5)16-18-28/h9-19,22,30H,6-8,20-21H2,1-5H3,(H,35,39)/t22-,30-/m0/s1. The fraction of sp³-hybridized carbons (Fsp3) is 0.375. The van der Waals surface area contributed by atoms with Crippen LogP contribution < -0.4 is 14.4 Å². The first-order valence-corrected chi connectivity index (χ1v) is 17.8. The Kier molecular flexibility index (Phi) is 13.3. The first-order valence-electron chi connectivity index (χ1n) is 14.4. The van der Waals surface area contributed by atoms with Gasteiger partial charge in [-0.2, -0.15) is 0 Å². The van der Waals surface area contributed by atoms with E-state index in [1.807, 2.05) is 27.0 Å². The third kappa shape index (κ3) is 9.06. The molecule has 0 aliphatic carbocycles. The van der Waals surface area contributed by atoms with Gasteiger partial charge in [0.1, 0.15) is 18.3 Å². The Morgan fingerprint density at radius 2 is 1.61 bits per heavy atom. The number of carbonyl (C=O) groups is 2. The second-order valence-electron chi connectivity index (χ2n) is 10.1. The summed E-state index contributed by atoms with van der Waals surface area (Å²) >= 11 is 14.1. The van der Waals surface area contributed by atoms with Crippen molar-refractivity contribution in [2.75, 3.05) is 23.7 Å². The number of carbonyl (C=O) groups excluding carboxylic acids is 2. The van der Waals surface area contributed by atoms with E-state index >= 15 is 0 Å². The first-order chi connectivity index (χ1) is 20.9. The van der Waals surface area contributed by atoms with Gasteiger partial charge in [-0.25, -0.2) is 8.42 Å². The van der Waals surface area contributed by atoms with Crippen molar-refractivity contribution in [3.63, 3.8) is 0 Å². The van der Waals surface area contributed by atoms with E-state index in [9.17, 15) is 18.0 Å². The van der Waals surface area contributed by atoms with Crippen LogP contribution in [-0.4, -0.2) is 56.6 Å². The molecule has 238 valence electrons. The number of nitrogens with one attached hydrogen (secondary N) is 1. The number of anilines is 1. The highest BCUT2D eigenvalue weighted by atomic mass is 35.5. The number of hydrogen-bond donors (Lipinski definition) is 1. The van der Waals surface area contributed by atoms with Gasteiger partial charge in [0.2, 0.25) is 11.8 Å². The number of amides is 2. The number of nitrogens with zero attached hydrogens (tertiary/aromatic N) is 2. The maximum atomic E-state index is 14.3. The van der Waals surface area contributed by atoms with E-state index in [0.717, 1.165) is 9.20 Å². The predicted molar refractivity (Wildman–Crippen MR) is 179 cm³/mol. The third-order valence-electron chi connectivity index (χ3n) is 7.10. The van der Waals surface area contributed by atoms with Crippen LogP contribution in [0.1, 0.15) is 46.1 Å². The predicted octanol–water partition coefficient (Wildman–Crippen LogP) is 7.03. The highest BCUT2D eigenvalue weighted by Gasteiger charge is 2.34. The molecule has 2 amide bonds. The lowest BCUT2D eigenvalue weighted by molar-refractivity contribution is -0.140. The average molecular weight is 681 g/mol. The van der Waals surface area contributed by atoms with Crippen LogP contribution in [0.3, 0.4) is 0 Å². The molecule has 0 unspecified atom stereocenters. The highest BCUT2D eigenvalue weighted by Crippen LogP contribution is 2.29. The van der Waals surface area contributed by atoms with E-state index in [0.29, 0.717) is 40.8 Å². The molecule has 12 heteroatoms. The summed E-state index contributed by atoms with van der Waals surface area (Å²) in [5, 5.41) is 3.72. The van der Waals surface area contributed by atoms with E-state index in [1.54, 1.807) is 61.5 Å². The number of thioether (sulfide) groups is 1. The molecular weight excluding hydrogens is 641 g/mol. The van der Waals surface area contributed by atoms with Gasteiger partial charge in [0.15, 0.2) is 0 Å². The van der Waals surface area contributed by atoms with Crippen LogP contribution >= 0.6 is 35.0 Å². The van der Waals surface area contributed by atoms with E-state index in [-0.39, 0.29) is 29.1 Å². The van der Waals surface area contributed by atoms with Crippen LogP contribution in [0.4, 0.5) is 5.69 Å². The number of rotatable bonds is 15. The summed E-state index contributed by atoms with van der Waals surface area (Å²) in [4.78, 5) is 30.0. The second kappa shape index (κ2) is 16.4. The van der Waals surface area contributed by atoms with Gasteiger partial charge in [0.05, 0.1) is 17.2 Å². The quantitative estimate of drug-likeness (QED) is 0.173. The SMILES string of the molecule is CCOc1ccc(N(CC(=O)N(Cc2ccc(Cl)cc2Cl)[C@@H](CC)C(=O)N[C@@H](C)CC)S(=O)(=O)c2ccc(SC)cc2)cc1. The Balaban J connectivity index is 2.09. The lowest BCUT2D eigenvalue weighted by atomic mass is 10.1. The molecule has 0 saturated heterocycles. The minimum Gasteiger partial charge on any atom is -0.494 e. The zero-order valence-corrected chi connectivity index (χ0v) is 28.7. The van der Waals surface area contributed by atoms with Gasteiger partial charge in [0.25, 0.3) is 10.0 Å². The third-order valence-corrected chi connectivity index (χ3v) is 10.2. The molecule has 1 N–H and O–H groups in total. The lowest BCUT2D eigenvalue weighted by Gasteiger charge is -2.34. The molecule has 0 aromatic heterocycles. The molecule has 0 heterocycles. The summed E-state index contributed by atoms with van der Waals surface area (Å²) in [5.74, 6) is -0.334. The van der Waals surface area contributed by atoms with Crippen molar-refractivity contribution < 1.29 is 22.7 Å². The molecule has 3 aromatic rings. The summed E-state index contributed by atoms with van der Waals surface area (Å²) in [6.45, 7) is 7.35. The number of ether oxygens (including phenoxy) is 1. The van der Waals surface area contributed by atoms with Crippen LogP contribution in [0, 0.1) is 0 Å². The van der Waals surface area contributed by atoms with Crippen LogP contribution in [0.15, 0.2) is 76.5 Å². The van der Waals surface area contributed by atoms with Crippen LogP contribution in [0.25, 0.3) is 0 Å². The normalized spacial score (nSPS) is 12.7. The zero-order chi connectivity index (χ0) is 32.4. The van der Waals surface area contributed by atoms with Crippen molar-refractivity contribution in [1.29, 1.82) is 0 Å². The lowest BCUT2D eigenvalue weighted by Crippen LogP contribution is -2.53. The maximum absolute atomic E-state index is 14.3. The van der Waals surface area contributed by atoms with Crippen molar-refractivity contribution >= 4 is 62.5 Å². The molecule has 0 saturated carbocycles. The average Bonchev–Trinajstić information content (AvgIpc) is 3.01. The molecule has 0 bridgehead atoms. The molecule has 44 heavy (non-hydrogen) atoms. The van der Waals surface area contributed by atoms with Gasteiger partial charge in [-0.3, -0.25) is 13.9 Å². The summed E-state index contributed by atoms with van der Waals surface area (Å²) < 4.78 is 34.8. The van der Waals surface area contributed by atoms with Crippen LogP contribution in [-0.2, 0) is 26.2 Å². The molecule has 3 aromatic carbocycles. The summed E-state index contributed by atoms with van der Waals surface area (Å²) in [5.41, 5.74) is 0.847. The molecule has 0 spiro atoms. The minimum absolute atomic E-state index is 0.0269. The van der Waals surface area contributed by atoms with Crippen LogP contribution in [0.2, 0.25) is 10.0 Å². The van der Waals surface area contributed by atoms with Crippen molar-refractivity contribution in [3.8, 4) is 5.75 Å². The number of benzene rings is 3. The minimum atomic E-state index is -4.20. The Morgan fingerprint density at radius 3 is 2.16 bits per heavy atom. The highest BCUT2D eigenvalue weighted by molar-refractivity contribution is 7.98. The fourth-order valence-corrected chi connectivity index (χ4v) is 6.76. The Morgan fingerprint density at radius 1 is 0.955 bits per heavy atom. The van der Waals surface area contributed by atoms with Gasteiger partial charge in [0, 0.05) is 27.5 Å². The van der Waals surface area contributed by atoms with Gasteiger partial charge in [-0.05, 0) is 99.2 Å². The van der Waals surface area contributed by atoms with Crippen molar-refractivity contribution in [3.05, 3.63) is 82.3 Å². The first kappa shape index (κ1) is 35.6. The molecule has 2 atom stereocenters. The molecule has 8 nitrogen and oxygen atoms in total. The van der Waals surface area contributed by atoms with Crippen molar-refractivity contribution in [1.82, 2.24) is 10.2 Å². The molecule has 0 aliphatic rings. The van der Waals surface area contributed by atoms with E-state index in [4.69, 9.17) is 27.9 Å². The zero-order valence-electron chi connectivity index (χ0n) is 25.5. The van der Waals surface area contributed by atoms with Gasteiger partial charge < -0.3 is 15.0 Å². The van der Waals surface area contributed by atoms with E-state index in [2.05, 4.69) is 5.32 Å². The Hall–Kier alpha value is -2.92. The smallest absolute Gasteiger partial charge is 0.264 e. The van der Waals surface area contributed by atoms with Crippen LogP contribution in [0.5, 0.6) is 5.75 Å². The number of halogens is 2. The Labute approximate surface area is 275 Å².